The van der Waals surface area contributed by atoms with Crippen LogP contribution in [0.4, 0.5) is 0 Å². The molecule has 0 amide bonds. The van der Waals surface area contributed by atoms with Gasteiger partial charge in [-0.25, -0.2) is 4.79 Å². The van der Waals surface area contributed by atoms with Gasteiger partial charge in [-0.2, -0.15) is 0 Å². The van der Waals surface area contributed by atoms with E-state index in [1.807, 2.05) is 18.2 Å². The van der Waals surface area contributed by atoms with Gasteiger partial charge in [-0.3, -0.25) is 0 Å². The lowest BCUT2D eigenvalue weighted by atomic mass is 10.2. The minimum Gasteiger partial charge on any atom is -0.462 e. The first-order valence-electron chi connectivity index (χ1n) is 6.14. The van der Waals surface area contributed by atoms with Gasteiger partial charge in [0, 0.05) is 18.7 Å². The average Bonchev–Trinajstić information content (AvgIpc) is 2.35. The third-order valence-electron chi connectivity index (χ3n) is 2.56. The summed E-state index contributed by atoms with van der Waals surface area (Å²) in [7, 11) is 2.06. The average molecular weight is 247 g/mol. The number of ether oxygens (including phenoxy) is 1. The van der Waals surface area contributed by atoms with Crippen molar-refractivity contribution < 1.29 is 9.53 Å². The smallest absolute Gasteiger partial charge is 0.333 e. The van der Waals surface area contributed by atoms with E-state index in [0.29, 0.717) is 12.2 Å². The molecule has 0 aliphatic rings. The molecule has 0 aliphatic heterocycles. The fourth-order valence-electron chi connectivity index (χ4n) is 1.60. The van der Waals surface area contributed by atoms with Gasteiger partial charge in [-0.15, -0.1) is 0 Å². The van der Waals surface area contributed by atoms with Crippen LogP contribution in [0.15, 0.2) is 42.5 Å². The first-order valence-corrected chi connectivity index (χ1v) is 6.14. The molecule has 3 heteroatoms. The zero-order valence-corrected chi connectivity index (χ0v) is 11.2. The van der Waals surface area contributed by atoms with Gasteiger partial charge in [0.1, 0.15) is 0 Å². The molecule has 0 spiro atoms. The minimum atomic E-state index is -0.305. The lowest BCUT2D eigenvalue weighted by molar-refractivity contribution is -0.139. The van der Waals surface area contributed by atoms with E-state index in [1.165, 1.54) is 5.56 Å². The molecule has 0 aliphatic carbocycles. The van der Waals surface area contributed by atoms with Crippen molar-refractivity contribution in [3.63, 3.8) is 0 Å². The van der Waals surface area contributed by atoms with Crippen molar-refractivity contribution in [1.82, 2.24) is 4.90 Å². The molecular formula is C15H21NO2. The Kier molecular flexibility index (Phi) is 6.15. The van der Waals surface area contributed by atoms with Crippen molar-refractivity contribution in [1.29, 1.82) is 0 Å². The molecule has 0 N–H and O–H groups in total. The number of carbonyl (C=O) groups is 1. The Hall–Kier alpha value is -1.61. The molecule has 18 heavy (non-hydrogen) atoms. The Bertz CT molecular complexity index is 387. The summed E-state index contributed by atoms with van der Waals surface area (Å²) in [5.41, 5.74) is 1.74. The van der Waals surface area contributed by atoms with Crippen LogP contribution in [-0.4, -0.2) is 31.1 Å². The van der Waals surface area contributed by atoms with Crippen molar-refractivity contribution in [2.75, 3.05) is 20.2 Å². The number of rotatable bonds is 7. The first kappa shape index (κ1) is 14.5. The van der Waals surface area contributed by atoms with Crippen LogP contribution in [0.1, 0.15) is 18.9 Å². The lowest BCUT2D eigenvalue weighted by Crippen LogP contribution is -2.21. The highest BCUT2D eigenvalue weighted by Crippen LogP contribution is 2.03. The van der Waals surface area contributed by atoms with Gasteiger partial charge in [-0.05, 0) is 26.0 Å². The van der Waals surface area contributed by atoms with E-state index in [2.05, 4.69) is 30.7 Å². The molecule has 0 heterocycles. The van der Waals surface area contributed by atoms with Crippen LogP contribution in [0.2, 0.25) is 0 Å². The predicted molar refractivity (Wildman–Crippen MR) is 73.2 cm³/mol. The lowest BCUT2D eigenvalue weighted by Gasteiger charge is -2.16. The molecular weight excluding hydrogens is 226 g/mol. The van der Waals surface area contributed by atoms with Crippen LogP contribution >= 0.6 is 0 Å². The van der Waals surface area contributed by atoms with Gasteiger partial charge < -0.3 is 9.64 Å². The van der Waals surface area contributed by atoms with Crippen molar-refractivity contribution in [3.8, 4) is 0 Å². The first-order chi connectivity index (χ1) is 8.59. The fourth-order valence-corrected chi connectivity index (χ4v) is 1.60. The minimum absolute atomic E-state index is 0.305. The highest BCUT2D eigenvalue weighted by molar-refractivity contribution is 5.86. The van der Waals surface area contributed by atoms with E-state index in [0.717, 1.165) is 19.5 Å². The topological polar surface area (TPSA) is 29.5 Å². The SMILES string of the molecule is C=C(C)C(=O)OCCCN(C)Cc1ccccc1. The zero-order chi connectivity index (χ0) is 13.4. The quantitative estimate of drug-likeness (QED) is 0.421. The van der Waals surface area contributed by atoms with Gasteiger partial charge in [-0.1, -0.05) is 36.9 Å². The maximum absolute atomic E-state index is 11.1. The summed E-state index contributed by atoms with van der Waals surface area (Å²) in [6.07, 6.45) is 0.836. The Morgan fingerprint density at radius 1 is 1.33 bits per heavy atom. The van der Waals surface area contributed by atoms with Crippen molar-refractivity contribution in [3.05, 3.63) is 48.0 Å². The number of hydrogen-bond donors (Lipinski definition) is 0. The van der Waals surface area contributed by atoms with Crippen LogP contribution < -0.4 is 0 Å². The molecule has 0 radical (unpaired) electrons. The third-order valence-corrected chi connectivity index (χ3v) is 2.56. The third kappa shape index (κ3) is 5.64. The Morgan fingerprint density at radius 2 is 2.00 bits per heavy atom. The van der Waals surface area contributed by atoms with Gasteiger partial charge in [0.2, 0.25) is 0 Å². The van der Waals surface area contributed by atoms with E-state index in [4.69, 9.17) is 4.74 Å². The fraction of sp³-hybridized carbons (Fsp3) is 0.400. The molecule has 0 atom stereocenters. The standard InChI is InChI=1S/C15H21NO2/c1-13(2)15(17)18-11-7-10-16(3)12-14-8-5-4-6-9-14/h4-6,8-9H,1,7,10-12H2,2-3H3. The van der Waals surface area contributed by atoms with Crippen LogP contribution in [-0.2, 0) is 16.1 Å². The van der Waals surface area contributed by atoms with Gasteiger partial charge in [0.15, 0.2) is 0 Å². The van der Waals surface area contributed by atoms with Crippen LogP contribution in [0, 0.1) is 0 Å². The van der Waals surface area contributed by atoms with Gasteiger partial charge in [0.25, 0.3) is 0 Å². The summed E-state index contributed by atoms with van der Waals surface area (Å²) in [6, 6.07) is 10.3. The highest BCUT2D eigenvalue weighted by atomic mass is 16.5. The number of hydrogen-bond acceptors (Lipinski definition) is 3. The molecule has 0 unspecified atom stereocenters. The molecule has 0 aromatic heterocycles. The molecule has 0 saturated carbocycles. The molecule has 3 nitrogen and oxygen atoms in total. The van der Waals surface area contributed by atoms with E-state index in [-0.39, 0.29) is 5.97 Å². The van der Waals surface area contributed by atoms with Crippen molar-refractivity contribution in [2.45, 2.75) is 19.9 Å². The van der Waals surface area contributed by atoms with Crippen LogP contribution in [0.3, 0.4) is 0 Å². The van der Waals surface area contributed by atoms with Gasteiger partial charge >= 0.3 is 5.97 Å². The Balaban J connectivity index is 2.16. The molecule has 0 saturated heterocycles. The Labute approximate surface area is 109 Å². The maximum Gasteiger partial charge on any atom is 0.333 e. The second kappa shape index (κ2) is 7.67. The number of benzene rings is 1. The van der Waals surface area contributed by atoms with E-state index in [9.17, 15) is 4.79 Å². The summed E-state index contributed by atoms with van der Waals surface area (Å²) in [6.45, 7) is 7.46. The summed E-state index contributed by atoms with van der Waals surface area (Å²) in [5, 5.41) is 0. The van der Waals surface area contributed by atoms with Crippen LogP contribution in [0.5, 0.6) is 0 Å². The second-order valence-electron chi connectivity index (χ2n) is 4.49. The van der Waals surface area contributed by atoms with E-state index < -0.39 is 0 Å². The number of nitrogens with zero attached hydrogens (tertiary/aromatic N) is 1. The summed E-state index contributed by atoms with van der Waals surface area (Å²) >= 11 is 0. The molecule has 98 valence electrons. The monoisotopic (exact) mass is 247 g/mol. The largest absolute Gasteiger partial charge is 0.462 e. The Morgan fingerprint density at radius 3 is 2.61 bits per heavy atom. The molecule has 0 bridgehead atoms. The van der Waals surface area contributed by atoms with Crippen molar-refractivity contribution >= 4 is 5.97 Å². The number of carbonyl (C=O) groups excluding carboxylic acids is 1. The molecule has 1 aromatic rings. The zero-order valence-electron chi connectivity index (χ0n) is 11.2. The predicted octanol–water partition coefficient (Wildman–Crippen LogP) is 2.63. The molecule has 1 rings (SSSR count). The highest BCUT2D eigenvalue weighted by Gasteiger charge is 2.03. The maximum atomic E-state index is 11.1. The number of esters is 1. The summed E-state index contributed by atoms with van der Waals surface area (Å²) < 4.78 is 5.04. The molecule has 0 fully saturated rings. The normalized spacial score (nSPS) is 10.4. The van der Waals surface area contributed by atoms with E-state index in [1.54, 1.807) is 6.92 Å². The van der Waals surface area contributed by atoms with Crippen molar-refractivity contribution in [2.24, 2.45) is 0 Å². The van der Waals surface area contributed by atoms with E-state index >= 15 is 0 Å². The van der Waals surface area contributed by atoms with Gasteiger partial charge in [0.05, 0.1) is 6.61 Å². The molecule has 1 aromatic carbocycles. The second-order valence-corrected chi connectivity index (χ2v) is 4.49. The van der Waals surface area contributed by atoms with Crippen LogP contribution in [0.25, 0.3) is 0 Å². The summed E-state index contributed by atoms with van der Waals surface area (Å²) in [5.74, 6) is -0.305. The summed E-state index contributed by atoms with van der Waals surface area (Å²) in [4.78, 5) is 13.4.